The maximum atomic E-state index is 12.3. The zero-order valence-electron chi connectivity index (χ0n) is 15.3. The van der Waals surface area contributed by atoms with Crippen molar-refractivity contribution in [2.24, 2.45) is 0 Å². The number of anilines is 1. The summed E-state index contributed by atoms with van der Waals surface area (Å²) in [4.78, 5) is 24.6. The molecule has 0 aliphatic carbocycles. The molecule has 0 heterocycles. The molecule has 7 nitrogen and oxygen atoms in total. The Morgan fingerprint density at radius 2 is 1.78 bits per heavy atom. The summed E-state index contributed by atoms with van der Waals surface area (Å²) in [6.07, 6.45) is -1.08. The lowest BCUT2D eigenvalue weighted by Crippen LogP contribution is -2.30. The number of carbonyl (C=O) groups is 2. The molecule has 8 heteroatoms. The topological polar surface area (TPSA) is 94.1 Å². The number of hydrogen-bond acceptors (Lipinski definition) is 6. The molecule has 0 fully saturated rings. The summed E-state index contributed by atoms with van der Waals surface area (Å²) in [5.41, 5.74) is 1.20. The Kier molecular flexibility index (Phi) is 6.68. The Labute approximate surface area is 165 Å². The summed E-state index contributed by atoms with van der Waals surface area (Å²) in [7, 11) is 3.00. The van der Waals surface area contributed by atoms with Crippen LogP contribution in [0.3, 0.4) is 0 Å². The molecule has 27 heavy (non-hydrogen) atoms. The minimum atomic E-state index is -1.08. The number of rotatable bonds is 6. The molecule has 0 aliphatic rings. The molecule has 2 rings (SSSR count). The molecule has 2 aromatic carbocycles. The van der Waals surface area contributed by atoms with Gasteiger partial charge in [0.1, 0.15) is 11.3 Å². The van der Waals surface area contributed by atoms with E-state index in [0.29, 0.717) is 21.7 Å². The van der Waals surface area contributed by atoms with Gasteiger partial charge in [-0.05, 0) is 59.6 Å². The van der Waals surface area contributed by atoms with E-state index in [9.17, 15) is 14.7 Å². The molecule has 144 valence electrons. The zero-order chi connectivity index (χ0) is 20.1. The SMILES string of the molecule is COc1ccc(NC(=O)C(C)OC(=O)c2cc(C)cc(Br)c2O)cc1OC. The van der Waals surface area contributed by atoms with Crippen LogP contribution >= 0.6 is 15.9 Å². The average Bonchev–Trinajstić information content (AvgIpc) is 2.64. The molecule has 0 aromatic heterocycles. The Bertz CT molecular complexity index is 868. The second-order valence-corrected chi connectivity index (χ2v) is 6.60. The number of aromatic hydroxyl groups is 1. The van der Waals surface area contributed by atoms with Gasteiger partial charge in [-0.3, -0.25) is 4.79 Å². The van der Waals surface area contributed by atoms with Crippen LogP contribution in [-0.4, -0.2) is 37.3 Å². The van der Waals surface area contributed by atoms with Crippen LogP contribution in [0.4, 0.5) is 5.69 Å². The number of aryl methyl sites for hydroxylation is 1. The molecule has 1 atom stereocenters. The smallest absolute Gasteiger partial charge is 0.342 e. The Balaban J connectivity index is 2.09. The van der Waals surface area contributed by atoms with Crippen molar-refractivity contribution in [1.29, 1.82) is 0 Å². The van der Waals surface area contributed by atoms with Crippen molar-refractivity contribution in [3.8, 4) is 17.2 Å². The highest BCUT2D eigenvalue weighted by molar-refractivity contribution is 9.10. The van der Waals surface area contributed by atoms with Crippen molar-refractivity contribution in [2.75, 3.05) is 19.5 Å². The number of nitrogens with one attached hydrogen (secondary N) is 1. The van der Waals surface area contributed by atoms with Gasteiger partial charge in [-0.1, -0.05) is 0 Å². The molecule has 0 aliphatic heterocycles. The number of halogens is 1. The lowest BCUT2D eigenvalue weighted by Gasteiger charge is -2.15. The van der Waals surface area contributed by atoms with E-state index in [1.165, 1.54) is 27.2 Å². The van der Waals surface area contributed by atoms with Gasteiger partial charge in [0.15, 0.2) is 17.6 Å². The van der Waals surface area contributed by atoms with Gasteiger partial charge in [0.25, 0.3) is 5.91 Å². The van der Waals surface area contributed by atoms with Gasteiger partial charge in [0.05, 0.1) is 18.7 Å². The molecule has 2 N–H and O–H groups in total. The molecule has 1 amide bonds. The molecule has 0 radical (unpaired) electrons. The van der Waals surface area contributed by atoms with Gasteiger partial charge in [0, 0.05) is 11.8 Å². The average molecular weight is 438 g/mol. The van der Waals surface area contributed by atoms with Gasteiger partial charge >= 0.3 is 5.97 Å². The first-order valence-electron chi connectivity index (χ1n) is 7.99. The third-order valence-corrected chi connectivity index (χ3v) is 4.34. The van der Waals surface area contributed by atoms with Crippen molar-refractivity contribution in [2.45, 2.75) is 20.0 Å². The summed E-state index contributed by atoms with van der Waals surface area (Å²) < 4.78 is 15.9. The van der Waals surface area contributed by atoms with E-state index in [0.717, 1.165) is 5.56 Å². The minimum absolute atomic E-state index is 0.0207. The van der Waals surface area contributed by atoms with E-state index in [4.69, 9.17) is 14.2 Å². The molecular formula is C19H20BrNO6. The van der Waals surface area contributed by atoms with Crippen molar-refractivity contribution in [1.82, 2.24) is 0 Å². The second kappa shape index (κ2) is 8.77. The number of methoxy groups -OCH3 is 2. The number of carbonyl (C=O) groups excluding carboxylic acids is 2. The first kappa shape index (κ1) is 20.6. The molecular weight excluding hydrogens is 418 g/mol. The summed E-state index contributed by atoms with van der Waals surface area (Å²) in [5.74, 6) is -0.586. The lowest BCUT2D eigenvalue weighted by molar-refractivity contribution is -0.123. The zero-order valence-corrected chi connectivity index (χ0v) is 16.9. The highest BCUT2D eigenvalue weighted by Crippen LogP contribution is 2.31. The standard InChI is InChI=1S/C19H20BrNO6/c1-10-7-13(17(22)14(20)8-10)19(24)27-11(2)18(23)21-12-5-6-15(25-3)16(9-12)26-4/h5-9,11,22H,1-4H3,(H,21,23). The van der Waals surface area contributed by atoms with Crippen molar-refractivity contribution < 1.29 is 28.9 Å². The van der Waals surface area contributed by atoms with E-state index in [-0.39, 0.29) is 11.3 Å². The van der Waals surface area contributed by atoms with Crippen LogP contribution < -0.4 is 14.8 Å². The second-order valence-electron chi connectivity index (χ2n) is 5.75. The van der Waals surface area contributed by atoms with Crippen LogP contribution in [0.5, 0.6) is 17.2 Å². The van der Waals surface area contributed by atoms with Crippen molar-refractivity contribution in [3.63, 3.8) is 0 Å². The van der Waals surface area contributed by atoms with Gasteiger partial charge in [0.2, 0.25) is 0 Å². The molecule has 0 saturated heterocycles. The monoisotopic (exact) mass is 437 g/mol. The molecule has 2 aromatic rings. The Morgan fingerprint density at radius 3 is 2.41 bits per heavy atom. The highest BCUT2D eigenvalue weighted by Gasteiger charge is 2.22. The van der Waals surface area contributed by atoms with E-state index >= 15 is 0 Å². The predicted molar refractivity (Wildman–Crippen MR) is 104 cm³/mol. The van der Waals surface area contributed by atoms with Crippen LogP contribution in [0, 0.1) is 6.92 Å². The van der Waals surface area contributed by atoms with Crippen molar-refractivity contribution in [3.05, 3.63) is 45.9 Å². The predicted octanol–water partition coefficient (Wildman–Crippen LogP) is 3.66. The number of benzene rings is 2. The third kappa shape index (κ3) is 4.91. The highest BCUT2D eigenvalue weighted by atomic mass is 79.9. The number of esters is 1. The van der Waals surface area contributed by atoms with E-state index < -0.39 is 18.0 Å². The van der Waals surface area contributed by atoms with E-state index in [2.05, 4.69) is 21.2 Å². The largest absolute Gasteiger partial charge is 0.506 e. The van der Waals surface area contributed by atoms with Crippen LogP contribution in [0.25, 0.3) is 0 Å². The van der Waals surface area contributed by atoms with Gasteiger partial charge < -0.3 is 24.6 Å². The van der Waals surface area contributed by atoms with E-state index in [1.807, 2.05) is 0 Å². The van der Waals surface area contributed by atoms with Gasteiger partial charge in [-0.2, -0.15) is 0 Å². The molecule has 1 unspecified atom stereocenters. The van der Waals surface area contributed by atoms with Gasteiger partial charge in [-0.25, -0.2) is 4.79 Å². The molecule has 0 spiro atoms. The fourth-order valence-corrected chi connectivity index (χ4v) is 2.90. The van der Waals surface area contributed by atoms with Crippen molar-refractivity contribution >= 4 is 33.5 Å². The normalized spacial score (nSPS) is 11.4. The number of hydrogen-bond donors (Lipinski definition) is 2. The fourth-order valence-electron chi connectivity index (χ4n) is 2.33. The number of amides is 1. The third-order valence-electron chi connectivity index (χ3n) is 3.73. The molecule has 0 bridgehead atoms. The first-order valence-corrected chi connectivity index (χ1v) is 8.79. The van der Waals surface area contributed by atoms with Gasteiger partial charge in [-0.15, -0.1) is 0 Å². The van der Waals surface area contributed by atoms with Crippen LogP contribution in [-0.2, 0) is 9.53 Å². The number of phenols is 1. The van der Waals surface area contributed by atoms with Crippen LogP contribution in [0.1, 0.15) is 22.8 Å². The Hall–Kier alpha value is -2.74. The summed E-state index contributed by atoms with van der Waals surface area (Å²) in [6, 6.07) is 8.03. The molecule has 0 saturated carbocycles. The number of phenolic OH excluding ortho intramolecular Hbond substituents is 1. The lowest BCUT2D eigenvalue weighted by atomic mass is 10.1. The Morgan fingerprint density at radius 1 is 1.11 bits per heavy atom. The quantitative estimate of drug-likeness (QED) is 0.669. The summed E-state index contributed by atoms with van der Waals surface area (Å²) in [5, 5.41) is 12.7. The van der Waals surface area contributed by atoms with Crippen LogP contribution in [0.15, 0.2) is 34.8 Å². The fraction of sp³-hybridized carbons (Fsp3) is 0.263. The maximum Gasteiger partial charge on any atom is 0.342 e. The maximum absolute atomic E-state index is 12.3. The first-order chi connectivity index (χ1) is 12.8. The summed E-state index contributed by atoms with van der Waals surface area (Å²) >= 11 is 3.17. The van der Waals surface area contributed by atoms with Crippen LogP contribution in [0.2, 0.25) is 0 Å². The minimum Gasteiger partial charge on any atom is -0.506 e. The summed E-state index contributed by atoms with van der Waals surface area (Å²) in [6.45, 7) is 3.21. The van der Waals surface area contributed by atoms with E-state index in [1.54, 1.807) is 31.2 Å². The number of ether oxygens (including phenoxy) is 3.